The summed E-state index contributed by atoms with van der Waals surface area (Å²) in [5.41, 5.74) is -0.183. The van der Waals surface area contributed by atoms with Gasteiger partial charge in [-0.3, -0.25) is 10.1 Å². The van der Waals surface area contributed by atoms with Crippen LogP contribution in [0.1, 0.15) is 20.8 Å². The van der Waals surface area contributed by atoms with Gasteiger partial charge in [-0.25, -0.2) is 4.39 Å². The molecule has 5 nitrogen and oxygen atoms in total. The van der Waals surface area contributed by atoms with Gasteiger partial charge in [0.2, 0.25) is 0 Å². The fourth-order valence-electron chi connectivity index (χ4n) is 2.54. The first-order chi connectivity index (χ1) is 8.78. The predicted molar refractivity (Wildman–Crippen MR) is 69.9 cm³/mol. The molecule has 1 heterocycles. The predicted octanol–water partition coefficient (Wildman–Crippen LogP) is 2.74. The lowest BCUT2D eigenvalue weighted by atomic mass is 10.0. The molecule has 6 heteroatoms. The monoisotopic (exact) mass is 268 g/mol. The first-order valence-corrected chi connectivity index (χ1v) is 6.15. The van der Waals surface area contributed by atoms with Crippen molar-refractivity contribution >= 4 is 11.4 Å². The van der Waals surface area contributed by atoms with E-state index in [-0.39, 0.29) is 11.8 Å². The SMILES string of the molecule is CC1CN(c2cc(F)ccc2[N+](=O)[O-])CC(C)(C)O1. The molecule has 104 valence electrons. The minimum Gasteiger partial charge on any atom is -0.369 e. The van der Waals surface area contributed by atoms with E-state index in [1.54, 1.807) is 0 Å². The molecule has 1 unspecified atom stereocenters. The zero-order valence-corrected chi connectivity index (χ0v) is 11.2. The van der Waals surface area contributed by atoms with Crippen molar-refractivity contribution < 1.29 is 14.1 Å². The smallest absolute Gasteiger partial charge is 0.292 e. The van der Waals surface area contributed by atoms with Crippen molar-refractivity contribution in [1.29, 1.82) is 0 Å². The third-order valence-electron chi connectivity index (χ3n) is 3.04. The summed E-state index contributed by atoms with van der Waals surface area (Å²) in [5, 5.41) is 11.0. The number of benzene rings is 1. The molecule has 1 fully saturated rings. The second-order valence-electron chi connectivity index (χ2n) is 5.46. The molecule has 0 saturated carbocycles. The summed E-state index contributed by atoms with van der Waals surface area (Å²) < 4.78 is 19.1. The van der Waals surface area contributed by atoms with Crippen LogP contribution in [0, 0.1) is 15.9 Å². The van der Waals surface area contributed by atoms with Gasteiger partial charge in [-0.1, -0.05) is 0 Å². The molecule has 1 atom stereocenters. The number of nitro groups is 1. The highest BCUT2D eigenvalue weighted by atomic mass is 19.1. The molecule has 0 amide bonds. The number of morpholine rings is 1. The van der Waals surface area contributed by atoms with Crippen molar-refractivity contribution in [3.8, 4) is 0 Å². The fraction of sp³-hybridized carbons (Fsp3) is 0.538. The van der Waals surface area contributed by atoms with Crippen molar-refractivity contribution in [2.24, 2.45) is 0 Å². The van der Waals surface area contributed by atoms with Crippen molar-refractivity contribution in [2.45, 2.75) is 32.5 Å². The second-order valence-corrected chi connectivity index (χ2v) is 5.46. The third kappa shape index (κ3) is 3.01. The highest BCUT2D eigenvalue weighted by Crippen LogP contribution is 2.33. The van der Waals surface area contributed by atoms with Crippen LogP contribution in [0.25, 0.3) is 0 Å². The van der Waals surface area contributed by atoms with Crippen LogP contribution >= 0.6 is 0 Å². The molecule has 1 aromatic carbocycles. The largest absolute Gasteiger partial charge is 0.369 e. The van der Waals surface area contributed by atoms with Gasteiger partial charge in [0.25, 0.3) is 5.69 Å². The Morgan fingerprint density at radius 1 is 1.53 bits per heavy atom. The lowest BCUT2D eigenvalue weighted by molar-refractivity contribution is -0.384. The summed E-state index contributed by atoms with van der Waals surface area (Å²) in [6, 6.07) is 3.53. The molecule has 1 saturated heterocycles. The Morgan fingerprint density at radius 3 is 2.79 bits per heavy atom. The summed E-state index contributed by atoms with van der Waals surface area (Å²) in [4.78, 5) is 12.4. The van der Waals surface area contributed by atoms with Crippen molar-refractivity contribution in [1.82, 2.24) is 0 Å². The average Bonchev–Trinajstić information content (AvgIpc) is 2.25. The summed E-state index contributed by atoms with van der Waals surface area (Å²) in [5.74, 6) is -0.474. The molecule has 0 bridgehead atoms. The molecule has 2 rings (SSSR count). The summed E-state index contributed by atoms with van der Waals surface area (Å²) >= 11 is 0. The Morgan fingerprint density at radius 2 is 2.21 bits per heavy atom. The van der Waals surface area contributed by atoms with Gasteiger partial charge in [0.15, 0.2) is 0 Å². The summed E-state index contributed by atoms with van der Waals surface area (Å²) in [6.07, 6.45) is -0.0633. The Hall–Kier alpha value is -1.69. The highest BCUT2D eigenvalue weighted by molar-refractivity contribution is 5.63. The van der Waals surface area contributed by atoms with Crippen LogP contribution in [0.15, 0.2) is 18.2 Å². The maximum atomic E-state index is 13.4. The molecule has 1 aliphatic heterocycles. The van der Waals surface area contributed by atoms with Crippen LogP contribution < -0.4 is 4.90 Å². The van der Waals surface area contributed by atoms with E-state index in [1.807, 2.05) is 25.7 Å². The standard InChI is InChI=1S/C13H17FN2O3/c1-9-7-15(8-13(2,3)19-9)12-6-10(14)4-5-11(12)16(17)18/h4-6,9H,7-8H2,1-3H3. The normalized spacial score (nSPS) is 22.3. The molecular weight excluding hydrogens is 251 g/mol. The van der Waals surface area contributed by atoms with E-state index < -0.39 is 16.3 Å². The van der Waals surface area contributed by atoms with Gasteiger partial charge in [0.05, 0.1) is 16.6 Å². The minimum atomic E-state index is -0.484. The molecule has 0 spiro atoms. The van der Waals surface area contributed by atoms with Gasteiger partial charge in [-0.05, 0) is 26.8 Å². The number of hydrogen-bond donors (Lipinski definition) is 0. The number of nitro benzene ring substituents is 1. The zero-order valence-electron chi connectivity index (χ0n) is 11.2. The van der Waals surface area contributed by atoms with Gasteiger partial charge in [0, 0.05) is 25.2 Å². The van der Waals surface area contributed by atoms with Crippen molar-refractivity contribution in [2.75, 3.05) is 18.0 Å². The number of rotatable bonds is 2. The van der Waals surface area contributed by atoms with E-state index in [2.05, 4.69) is 0 Å². The minimum absolute atomic E-state index is 0.0633. The first kappa shape index (κ1) is 13.7. The van der Waals surface area contributed by atoms with Crippen LogP contribution in [0.3, 0.4) is 0 Å². The molecule has 0 aromatic heterocycles. The maximum Gasteiger partial charge on any atom is 0.292 e. The van der Waals surface area contributed by atoms with Gasteiger partial charge < -0.3 is 9.64 Å². The third-order valence-corrected chi connectivity index (χ3v) is 3.04. The molecular formula is C13H17FN2O3. The molecule has 0 aliphatic carbocycles. The zero-order chi connectivity index (χ0) is 14.2. The van der Waals surface area contributed by atoms with E-state index in [1.165, 1.54) is 12.1 Å². The van der Waals surface area contributed by atoms with E-state index in [0.717, 1.165) is 6.07 Å². The van der Waals surface area contributed by atoms with Crippen molar-refractivity contribution in [3.05, 3.63) is 34.1 Å². The second kappa shape index (κ2) is 4.77. The maximum absolute atomic E-state index is 13.4. The van der Waals surface area contributed by atoms with Gasteiger partial charge in [-0.2, -0.15) is 0 Å². The quantitative estimate of drug-likeness (QED) is 0.611. The Balaban J connectivity index is 2.40. The van der Waals surface area contributed by atoms with Crippen LogP contribution in [-0.2, 0) is 4.74 Å². The lowest BCUT2D eigenvalue weighted by Gasteiger charge is -2.42. The molecule has 1 aromatic rings. The van der Waals surface area contributed by atoms with E-state index in [9.17, 15) is 14.5 Å². The molecule has 0 radical (unpaired) electrons. The topological polar surface area (TPSA) is 55.6 Å². The van der Waals surface area contributed by atoms with Gasteiger partial charge in [-0.15, -0.1) is 0 Å². The first-order valence-electron chi connectivity index (χ1n) is 6.15. The Labute approximate surface area is 111 Å². The van der Waals surface area contributed by atoms with E-state index >= 15 is 0 Å². The van der Waals surface area contributed by atoms with Crippen LogP contribution in [0.4, 0.5) is 15.8 Å². The fourth-order valence-corrected chi connectivity index (χ4v) is 2.54. The molecule has 1 aliphatic rings. The Bertz CT molecular complexity index is 505. The van der Waals surface area contributed by atoms with Gasteiger partial charge >= 0.3 is 0 Å². The highest BCUT2D eigenvalue weighted by Gasteiger charge is 2.34. The van der Waals surface area contributed by atoms with E-state index in [0.29, 0.717) is 18.8 Å². The molecule has 0 N–H and O–H groups in total. The van der Waals surface area contributed by atoms with E-state index in [4.69, 9.17) is 4.74 Å². The van der Waals surface area contributed by atoms with Crippen molar-refractivity contribution in [3.63, 3.8) is 0 Å². The summed E-state index contributed by atoms with van der Waals surface area (Å²) in [6.45, 7) is 6.73. The number of ether oxygens (including phenoxy) is 1. The van der Waals surface area contributed by atoms with Crippen LogP contribution in [0.2, 0.25) is 0 Å². The summed E-state index contributed by atoms with van der Waals surface area (Å²) in [7, 11) is 0. The molecule has 19 heavy (non-hydrogen) atoms. The lowest BCUT2D eigenvalue weighted by Crippen LogP contribution is -2.52. The average molecular weight is 268 g/mol. The number of nitrogens with zero attached hydrogens (tertiary/aromatic N) is 2. The number of halogens is 1. The van der Waals surface area contributed by atoms with Crippen LogP contribution in [-0.4, -0.2) is 29.7 Å². The van der Waals surface area contributed by atoms with Gasteiger partial charge in [0.1, 0.15) is 11.5 Å². The number of anilines is 1. The van der Waals surface area contributed by atoms with Crippen LogP contribution in [0.5, 0.6) is 0 Å². The number of hydrogen-bond acceptors (Lipinski definition) is 4. The Kier molecular flexibility index (Phi) is 3.45.